The molecule has 1 atom stereocenters. The third kappa shape index (κ3) is 3.32. The summed E-state index contributed by atoms with van der Waals surface area (Å²) in [5, 5.41) is 21.1. The van der Waals surface area contributed by atoms with Crippen molar-refractivity contribution >= 4 is 46.5 Å². The Labute approximate surface area is 140 Å². The summed E-state index contributed by atoms with van der Waals surface area (Å²) in [6, 6.07) is 8.26. The van der Waals surface area contributed by atoms with E-state index in [-0.39, 0.29) is 15.6 Å². The van der Waals surface area contributed by atoms with Crippen molar-refractivity contribution in [2.75, 3.05) is 0 Å². The lowest BCUT2D eigenvalue weighted by Gasteiger charge is -2.14. The molecular weight excluding hydrogens is 353 g/mol. The van der Waals surface area contributed by atoms with Gasteiger partial charge in [-0.05, 0) is 23.8 Å². The molecule has 0 spiro atoms. The zero-order chi connectivity index (χ0) is 16.4. The van der Waals surface area contributed by atoms with Crippen LogP contribution in [0.4, 0.5) is 5.69 Å². The van der Waals surface area contributed by atoms with Crippen molar-refractivity contribution in [2.45, 2.75) is 5.92 Å². The number of aliphatic carboxylic acids is 1. The summed E-state index contributed by atoms with van der Waals surface area (Å²) in [5.41, 5.74) is -0.107. The summed E-state index contributed by atoms with van der Waals surface area (Å²) < 4.78 is 0. The van der Waals surface area contributed by atoms with E-state index in [9.17, 15) is 20.0 Å². The van der Waals surface area contributed by atoms with Crippen LogP contribution in [0.5, 0.6) is 0 Å². The van der Waals surface area contributed by atoms with Crippen LogP contribution >= 0.6 is 34.8 Å². The Bertz CT molecular complexity index is 746. The van der Waals surface area contributed by atoms with E-state index in [0.717, 1.165) is 6.07 Å². The second-order valence-electron chi connectivity index (χ2n) is 4.41. The SMILES string of the molecule is O=C(O)C(c1ccc(Cl)cc1)c1cc(Cl)c(Cl)cc1[N+](=O)[O-]. The normalized spacial score (nSPS) is 12.0. The summed E-state index contributed by atoms with van der Waals surface area (Å²) in [6.07, 6.45) is 0. The quantitative estimate of drug-likeness (QED) is 0.629. The maximum absolute atomic E-state index is 11.6. The molecule has 1 unspecified atom stereocenters. The van der Waals surface area contributed by atoms with Crippen molar-refractivity contribution in [2.24, 2.45) is 0 Å². The van der Waals surface area contributed by atoms with Crippen molar-refractivity contribution in [3.8, 4) is 0 Å². The molecule has 2 aromatic rings. The highest BCUT2D eigenvalue weighted by molar-refractivity contribution is 6.42. The predicted octanol–water partition coefficient (Wildman–Crippen LogP) is 4.77. The molecule has 0 aromatic heterocycles. The van der Waals surface area contributed by atoms with Crippen LogP contribution in [-0.2, 0) is 4.79 Å². The molecule has 2 rings (SSSR count). The number of halogens is 3. The van der Waals surface area contributed by atoms with Crippen LogP contribution in [0.1, 0.15) is 17.0 Å². The first-order valence-corrected chi connectivity index (χ1v) is 7.06. The van der Waals surface area contributed by atoms with Gasteiger partial charge >= 0.3 is 5.97 Å². The van der Waals surface area contributed by atoms with Crippen molar-refractivity contribution in [1.82, 2.24) is 0 Å². The van der Waals surface area contributed by atoms with Gasteiger partial charge in [0.15, 0.2) is 0 Å². The maximum atomic E-state index is 11.6. The van der Waals surface area contributed by atoms with E-state index in [1.54, 1.807) is 0 Å². The molecule has 0 aliphatic heterocycles. The Kier molecular flexibility index (Phi) is 4.90. The van der Waals surface area contributed by atoms with E-state index < -0.39 is 22.5 Å². The second-order valence-corrected chi connectivity index (χ2v) is 5.66. The summed E-state index contributed by atoms with van der Waals surface area (Å²) >= 11 is 17.4. The van der Waals surface area contributed by atoms with Crippen LogP contribution in [0.3, 0.4) is 0 Å². The molecule has 0 radical (unpaired) electrons. The summed E-state index contributed by atoms with van der Waals surface area (Å²) in [4.78, 5) is 22.1. The first kappa shape index (κ1) is 16.5. The molecule has 1 N–H and O–H groups in total. The average Bonchev–Trinajstić information content (AvgIpc) is 2.44. The van der Waals surface area contributed by atoms with Crippen LogP contribution in [0.2, 0.25) is 15.1 Å². The standard InChI is InChI=1S/C14H8Cl3NO4/c15-8-3-1-7(2-4-8)13(14(19)20)9-5-10(16)11(17)6-12(9)18(21)22/h1-6,13H,(H,19,20). The summed E-state index contributed by atoms with van der Waals surface area (Å²) in [7, 11) is 0. The molecule has 0 bridgehead atoms. The van der Waals surface area contributed by atoms with Gasteiger partial charge in [-0.3, -0.25) is 14.9 Å². The van der Waals surface area contributed by atoms with E-state index in [4.69, 9.17) is 34.8 Å². The van der Waals surface area contributed by atoms with Gasteiger partial charge in [0, 0.05) is 11.1 Å². The fourth-order valence-electron chi connectivity index (χ4n) is 2.05. The van der Waals surface area contributed by atoms with Crippen molar-refractivity contribution < 1.29 is 14.8 Å². The van der Waals surface area contributed by atoms with Crippen LogP contribution in [-0.4, -0.2) is 16.0 Å². The van der Waals surface area contributed by atoms with Gasteiger partial charge < -0.3 is 5.11 Å². The molecule has 114 valence electrons. The first-order valence-electron chi connectivity index (χ1n) is 5.93. The lowest BCUT2D eigenvalue weighted by atomic mass is 9.90. The molecule has 0 saturated heterocycles. The van der Waals surface area contributed by atoms with E-state index in [0.29, 0.717) is 10.6 Å². The van der Waals surface area contributed by atoms with Gasteiger partial charge in [-0.2, -0.15) is 0 Å². The van der Waals surface area contributed by atoms with E-state index >= 15 is 0 Å². The third-order valence-corrected chi connectivity index (χ3v) is 4.00. The Hall–Kier alpha value is -1.82. The van der Waals surface area contributed by atoms with Gasteiger partial charge in [0.2, 0.25) is 0 Å². The summed E-state index contributed by atoms with van der Waals surface area (Å²) in [5.74, 6) is -2.50. The van der Waals surface area contributed by atoms with Crippen molar-refractivity contribution in [3.63, 3.8) is 0 Å². The highest BCUT2D eigenvalue weighted by atomic mass is 35.5. The number of nitro benzene ring substituents is 1. The molecule has 22 heavy (non-hydrogen) atoms. The van der Waals surface area contributed by atoms with Crippen LogP contribution in [0, 0.1) is 10.1 Å². The number of rotatable bonds is 4. The van der Waals surface area contributed by atoms with Gasteiger partial charge in [0.25, 0.3) is 5.69 Å². The van der Waals surface area contributed by atoms with Crippen LogP contribution in [0.15, 0.2) is 36.4 Å². The lowest BCUT2D eigenvalue weighted by Crippen LogP contribution is -2.15. The van der Waals surface area contributed by atoms with Gasteiger partial charge in [-0.1, -0.05) is 46.9 Å². The van der Waals surface area contributed by atoms with E-state index in [1.807, 2.05) is 0 Å². The number of carbonyl (C=O) groups is 1. The highest BCUT2D eigenvalue weighted by Crippen LogP contribution is 2.37. The number of hydrogen-bond donors (Lipinski definition) is 1. The minimum Gasteiger partial charge on any atom is -0.481 e. The fraction of sp³-hybridized carbons (Fsp3) is 0.0714. The maximum Gasteiger partial charge on any atom is 0.315 e. The first-order chi connectivity index (χ1) is 10.3. The lowest BCUT2D eigenvalue weighted by molar-refractivity contribution is -0.385. The minimum absolute atomic E-state index is 0.0163. The molecule has 8 heteroatoms. The largest absolute Gasteiger partial charge is 0.481 e. The number of carboxylic acids is 1. The number of benzene rings is 2. The minimum atomic E-state index is -1.26. The van der Waals surface area contributed by atoms with E-state index in [2.05, 4.69) is 0 Å². The molecule has 5 nitrogen and oxygen atoms in total. The molecule has 0 fully saturated rings. The Morgan fingerprint density at radius 2 is 1.64 bits per heavy atom. The third-order valence-electron chi connectivity index (χ3n) is 3.03. The zero-order valence-corrected chi connectivity index (χ0v) is 13.1. The zero-order valence-electron chi connectivity index (χ0n) is 10.8. The van der Waals surface area contributed by atoms with Gasteiger partial charge in [-0.15, -0.1) is 0 Å². The monoisotopic (exact) mass is 359 g/mol. The molecular formula is C14H8Cl3NO4. The fourth-order valence-corrected chi connectivity index (χ4v) is 2.51. The highest BCUT2D eigenvalue weighted by Gasteiger charge is 2.30. The van der Waals surface area contributed by atoms with Crippen LogP contribution < -0.4 is 0 Å². The predicted molar refractivity (Wildman–Crippen MR) is 84.0 cm³/mol. The summed E-state index contributed by atoms with van der Waals surface area (Å²) in [6.45, 7) is 0. The van der Waals surface area contributed by atoms with Gasteiger partial charge in [-0.25, -0.2) is 0 Å². The Balaban J connectivity index is 2.68. The molecule has 2 aromatic carbocycles. The average molecular weight is 361 g/mol. The molecule has 0 aliphatic rings. The van der Waals surface area contributed by atoms with E-state index in [1.165, 1.54) is 30.3 Å². The topological polar surface area (TPSA) is 80.4 Å². The second kappa shape index (κ2) is 6.52. The van der Waals surface area contributed by atoms with Gasteiger partial charge in [0.05, 0.1) is 20.5 Å². The number of nitro groups is 1. The molecule has 0 heterocycles. The number of hydrogen-bond acceptors (Lipinski definition) is 3. The smallest absolute Gasteiger partial charge is 0.315 e. The molecule has 0 saturated carbocycles. The van der Waals surface area contributed by atoms with Crippen molar-refractivity contribution in [1.29, 1.82) is 0 Å². The molecule has 0 amide bonds. The number of nitrogens with zero attached hydrogens (tertiary/aromatic N) is 1. The molecule has 0 aliphatic carbocycles. The Morgan fingerprint density at radius 1 is 1.09 bits per heavy atom. The van der Waals surface area contributed by atoms with Crippen molar-refractivity contribution in [3.05, 3.63) is 72.7 Å². The van der Waals surface area contributed by atoms with Gasteiger partial charge in [0.1, 0.15) is 5.92 Å². The Morgan fingerprint density at radius 3 is 2.14 bits per heavy atom. The van der Waals surface area contributed by atoms with Crippen LogP contribution in [0.25, 0.3) is 0 Å². The number of carboxylic acid groups (broad SMARTS) is 1.